The molecule has 23 heavy (non-hydrogen) atoms. The van der Waals surface area contributed by atoms with Crippen molar-refractivity contribution in [3.63, 3.8) is 0 Å². The summed E-state index contributed by atoms with van der Waals surface area (Å²) in [5, 5.41) is 0. The van der Waals surface area contributed by atoms with Crippen molar-refractivity contribution in [2.75, 3.05) is 18.6 Å². The number of methoxy groups -OCH3 is 1. The highest BCUT2D eigenvalue weighted by atomic mass is 16.5. The van der Waals surface area contributed by atoms with E-state index in [1.54, 1.807) is 7.11 Å². The molecule has 0 bridgehead atoms. The Bertz CT molecular complexity index is 717. The van der Waals surface area contributed by atoms with Gasteiger partial charge in [0.1, 0.15) is 11.5 Å². The van der Waals surface area contributed by atoms with Crippen LogP contribution in [0.3, 0.4) is 0 Å². The van der Waals surface area contributed by atoms with E-state index in [0.29, 0.717) is 13.0 Å². The zero-order valence-electron chi connectivity index (χ0n) is 13.1. The van der Waals surface area contributed by atoms with Crippen LogP contribution in [0.25, 0.3) is 0 Å². The summed E-state index contributed by atoms with van der Waals surface area (Å²) in [5.74, 6) is 1.60. The Hall–Kier alpha value is -2.49. The number of carbonyl (C=O) groups is 1. The quantitative estimate of drug-likeness (QED) is 0.856. The zero-order chi connectivity index (χ0) is 15.8. The Kier molecular flexibility index (Phi) is 3.45. The van der Waals surface area contributed by atoms with Crippen molar-refractivity contribution in [2.24, 2.45) is 0 Å². The van der Waals surface area contributed by atoms with Gasteiger partial charge < -0.3 is 14.4 Å². The maximum atomic E-state index is 13.0. The molecular formula is C19H19NO3. The van der Waals surface area contributed by atoms with Crippen LogP contribution in [-0.2, 0) is 17.6 Å². The van der Waals surface area contributed by atoms with E-state index in [4.69, 9.17) is 9.47 Å². The number of hydrogen-bond donors (Lipinski definition) is 0. The van der Waals surface area contributed by atoms with Gasteiger partial charge in [-0.15, -0.1) is 0 Å². The van der Waals surface area contributed by atoms with Gasteiger partial charge in [0.15, 0.2) is 6.10 Å². The van der Waals surface area contributed by atoms with E-state index in [-0.39, 0.29) is 5.91 Å². The fraction of sp³-hybridized carbons (Fsp3) is 0.316. The van der Waals surface area contributed by atoms with Crippen molar-refractivity contribution in [3.05, 3.63) is 53.6 Å². The SMILES string of the molecule is COc1cccc2c1N(C(=O)[C@H]1Cc3ccccc3O1)CCC2. The summed E-state index contributed by atoms with van der Waals surface area (Å²) in [5.41, 5.74) is 3.17. The van der Waals surface area contributed by atoms with E-state index < -0.39 is 6.10 Å². The van der Waals surface area contributed by atoms with Gasteiger partial charge in [0, 0.05) is 13.0 Å². The molecular weight excluding hydrogens is 290 g/mol. The fourth-order valence-electron chi connectivity index (χ4n) is 3.49. The maximum absolute atomic E-state index is 13.0. The maximum Gasteiger partial charge on any atom is 0.268 e. The summed E-state index contributed by atoms with van der Waals surface area (Å²) in [6.07, 6.45) is 2.13. The van der Waals surface area contributed by atoms with Crippen molar-refractivity contribution in [2.45, 2.75) is 25.4 Å². The first-order valence-electron chi connectivity index (χ1n) is 8.00. The largest absolute Gasteiger partial charge is 0.495 e. The van der Waals surface area contributed by atoms with Gasteiger partial charge in [-0.3, -0.25) is 4.79 Å². The van der Waals surface area contributed by atoms with Crippen LogP contribution in [-0.4, -0.2) is 25.7 Å². The van der Waals surface area contributed by atoms with Gasteiger partial charge in [-0.1, -0.05) is 30.3 Å². The smallest absolute Gasteiger partial charge is 0.268 e. The Morgan fingerprint density at radius 3 is 2.83 bits per heavy atom. The van der Waals surface area contributed by atoms with Gasteiger partial charge in [-0.25, -0.2) is 0 Å². The van der Waals surface area contributed by atoms with Gasteiger partial charge in [-0.05, 0) is 36.1 Å². The molecule has 0 fully saturated rings. The Balaban J connectivity index is 1.65. The van der Waals surface area contributed by atoms with E-state index >= 15 is 0 Å². The van der Waals surface area contributed by atoms with Crippen LogP contribution in [0.5, 0.6) is 11.5 Å². The summed E-state index contributed by atoms with van der Waals surface area (Å²) in [7, 11) is 1.65. The van der Waals surface area contributed by atoms with Gasteiger partial charge >= 0.3 is 0 Å². The number of anilines is 1. The number of carbonyl (C=O) groups excluding carboxylic acids is 1. The Labute approximate surface area is 135 Å². The number of rotatable bonds is 2. The molecule has 0 radical (unpaired) electrons. The first kappa shape index (κ1) is 14.1. The molecule has 2 aliphatic heterocycles. The molecule has 0 aromatic heterocycles. The molecule has 2 aliphatic rings. The molecule has 0 saturated heterocycles. The van der Waals surface area contributed by atoms with Crippen molar-refractivity contribution >= 4 is 11.6 Å². The number of hydrogen-bond acceptors (Lipinski definition) is 3. The Morgan fingerprint density at radius 1 is 1.17 bits per heavy atom. The molecule has 0 saturated carbocycles. The second kappa shape index (κ2) is 5.61. The minimum Gasteiger partial charge on any atom is -0.495 e. The van der Waals surface area contributed by atoms with E-state index in [9.17, 15) is 4.79 Å². The fourth-order valence-corrected chi connectivity index (χ4v) is 3.49. The van der Waals surface area contributed by atoms with Gasteiger partial charge in [0.05, 0.1) is 12.8 Å². The monoisotopic (exact) mass is 309 g/mol. The predicted octanol–water partition coefficient (Wildman–Crippen LogP) is 2.98. The first-order chi connectivity index (χ1) is 11.3. The lowest BCUT2D eigenvalue weighted by atomic mass is 9.99. The summed E-state index contributed by atoms with van der Waals surface area (Å²) in [6.45, 7) is 0.711. The summed E-state index contributed by atoms with van der Waals surface area (Å²) < 4.78 is 11.4. The van der Waals surface area contributed by atoms with Crippen LogP contribution >= 0.6 is 0 Å². The molecule has 0 spiro atoms. The molecule has 1 amide bonds. The minimum absolute atomic E-state index is 0.0200. The first-order valence-corrected chi connectivity index (χ1v) is 8.00. The topological polar surface area (TPSA) is 38.8 Å². The normalized spacial score (nSPS) is 18.8. The lowest BCUT2D eigenvalue weighted by molar-refractivity contribution is -0.124. The van der Waals surface area contributed by atoms with Crippen LogP contribution in [0.1, 0.15) is 17.5 Å². The van der Waals surface area contributed by atoms with Crippen LogP contribution < -0.4 is 14.4 Å². The molecule has 4 nitrogen and oxygen atoms in total. The van der Waals surface area contributed by atoms with E-state index in [1.807, 2.05) is 41.3 Å². The predicted molar refractivity (Wildman–Crippen MR) is 88.2 cm³/mol. The number of nitrogens with zero attached hydrogens (tertiary/aromatic N) is 1. The number of aryl methyl sites for hydroxylation is 1. The highest BCUT2D eigenvalue weighted by molar-refractivity contribution is 5.99. The number of fused-ring (bicyclic) bond motifs is 2. The van der Waals surface area contributed by atoms with E-state index in [0.717, 1.165) is 35.6 Å². The lowest BCUT2D eigenvalue weighted by Crippen LogP contribution is -2.44. The highest BCUT2D eigenvalue weighted by Gasteiger charge is 2.35. The van der Waals surface area contributed by atoms with Gasteiger partial charge in [0.25, 0.3) is 5.91 Å². The number of benzene rings is 2. The lowest BCUT2D eigenvalue weighted by Gasteiger charge is -2.32. The molecule has 0 aliphatic carbocycles. The van der Waals surface area contributed by atoms with Crippen molar-refractivity contribution < 1.29 is 14.3 Å². The van der Waals surface area contributed by atoms with Gasteiger partial charge in [-0.2, -0.15) is 0 Å². The molecule has 2 heterocycles. The standard InChI is InChI=1S/C19H19NO3/c1-22-16-10-4-7-13-8-5-11-20(18(13)16)19(21)17-12-14-6-2-3-9-15(14)23-17/h2-4,6-7,9-10,17H,5,8,11-12H2,1H3/t17-/m1/s1. The third-order valence-corrected chi connectivity index (χ3v) is 4.59. The van der Waals surface area contributed by atoms with Crippen molar-refractivity contribution in [3.8, 4) is 11.5 Å². The van der Waals surface area contributed by atoms with Crippen LogP contribution in [0.15, 0.2) is 42.5 Å². The highest BCUT2D eigenvalue weighted by Crippen LogP contribution is 2.38. The molecule has 1 atom stereocenters. The minimum atomic E-state index is -0.441. The third kappa shape index (κ3) is 2.34. The molecule has 4 rings (SSSR count). The number of amides is 1. The summed E-state index contributed by atoms with van der Waals surface area (Å²) in [6, 6.07) is 13.8. The van der Waals surface area contributed by atoms with Crippen molar-refractivity contribution in [1.82, 2.24) is 0 Å². The molecule has 0 unspecified atom stereocenters. The van der Waals surface area contributed by atoms with Gasteiger partial charge in [0.2, 0.25) is 0 Å². The second-order valence-corrected chi connectivity index (χ2v) is 5.98. The molecule has 0 N–H and O–H groups in total. The molecule has 4 heteroatoms. The van der Waals surface area contributed by atoms with E-state index in [1.165, 1.54) is 5.56 Å². The van der Waals surface area contributed by atoms with Crippen molar-refractivity contribution in [1.29, 1.82) is 0 Å². The van der Waals surface area contributed by atoms with Crippen LogP contribution in [0, 0.1) is 0 Å². The number of para-hydroxylation sites is 2. The summed E-state index contributed by atoms with van der Waals surface area (Å²) >= 11 is 0. The average molecular weight is 309 g/mol. The second-order valence-electron chi connectivity index (χ2n) is 5.98. The molecule has 2 aromatic carbocycles. The average Bonchev–Trinajstić information content (AvgIpc) is 3.04. The summed E-state index contributed by atoms with van der Waals surface area (Å²) in [4.78, 5) is 14.9. The Morgan fingerprint density at radius 2 is 2.00 bits per heavy atom. The molecule has 118 valence electrons. The molecule has 2 aromatic rings. The zero-order valence-corrected chi connectivity index (χ0v) is 13.1. The van der Waals surface area contributed by atoms with E-state index in [2.05, 4.69) is 6.07 Å². The van der Waals surface area contributed by atoms with Crippen LogP contribution in [0.4, 0.5) is 5.69 Å². The van der Waals surface area contributed by atoms with Crippen LogP contribution in [0.2, 0.25) is 0 Å². The number of ether oxygens (including phenoxy) is 2. The third-order valence-electron chi connectivity index (χ3n) is 4.59.